The van der Waals surface area contributed by atoms with Crippen molar-refractivity contribution in [3.05, 3.63) is 99.7 Å². The first-order valence-corrected chi connectivity index (χ1v) is 16.1. The van der Waals surface area contributed by atoms with E-state index >= 15 is 0 Å². The van der Waals surface area contributed by atoms with Crippen molar-refractivity contribution < 1.29 is 9.13 Å². The van der Waals surface area contributed by atoms with Gasteiger partial charge in [0, 0.05) is 40.9 Å². The van der Waals surface area contributed by atoms with Gasteiger partial charge in [-0.25, -0.2) is 9.07 Å². The first-order valence-electron chi connectivity index (χ1n) is 15.4. The fraction of sp³-hybridized carbons (Fsp3) is 0.314. The molecular weight excluding hydrogens is 638 g/mol. The third-order valence-electron chi connectivity index (χ3n) is 8.63. The fourth-order valence-corrected chi connectivity index (χ4v) is 6.33. The van der Waals surface area contributed by atoms with Crippen molar-refractivity contribution in [1.82, 2.24) is 24.9 Å². The summed E-state index contributed by atoms with van der Waals surface area (Å²) in [5.74, 6) is 0.0143. The Morgan fingerprint density at radius 2 is 1.79 bits per heavy atom. The number of halogens is 3. The Morgan fingerprint density at radius 3 is 2.45 bits per heavy atom. The molecule has 2 aromatic heterocycles. The van der Waals surface area contributed by atoms with E-state index in [0.717, 1.165) is 37.2 Å². The summed E-state index contributed by atoms with van der Waals surface area (Å²) in [7, 11) is 1.59. The molecule has 1 atom stereocenters. The number of piperidine rings is 1. The number of hydrogen-bond donors (Lipinski definition) is 2. The smallest absolute Gasteiger partial charge is 0.144 e. The van der Waals surface area contributed by atoms with Gasteiger partial charge in [0.05, 0.1) is 47.2 Å². The van der Waals surface area contributed by atoms with Crippen LogP contribution in [0.3, 0.4) is 0 Å². The monoisotopic (exact) mass is 672 g/mol. The fourth-order valence-electron chi connectivity index (χ4n) is 6.02. The van der Waals surface area contributed by atoms with E-state index in [1.54, 1.807) is 13.2 Å². The molecule has 5 aromatic rings. The number of rotatable bonds is 8. The van der Waals surface area contributed by atoms with Crippen LogP contribution in [-0.2, 0) is 0 Å². The molecule has 0 spiro atoms. The number of anilines is 3. The predicted molar refractivity (Wildman–Crippen MR) is 184 cm³/mol. The van der Waals surface area contributed by atoms with Gasteiger partial charge in [-0.15, -0.1) is 5.10 Å². The van der Waals surface area contributed by atoms with Crippen LogP contribution in [0.4, 0.5) is 21.5 Å². The largest absolute Gasteiger partial charge is 0.495 e. The highest BCUT2D eigenvalue weighted by Crippen LogP contribution is 2.41. The molecule has 12 heteroatoms. The maximum Gasteiger partial charge on any atom is 0.144 e. The summed E-state index contributed by atoms with van der Waals surface area (Å²) in [6.45, 7) is 8.73. The van der Waals surface area contributed by atoms with Gasteiger partial charge in [-0.05, 0) is 81.6 Å². The molecule has 0 radical (unpaired) electrons. The first kappa shape index (κ1) is 32.5. The van der Waals surface area contributed by atoms with Crippen molar-refractivity contribution in [3.8, 4) is 11.8 Å². The van der Waals surface area contributed by atoms with Crippen LogP contribution < -0.4 is 15.4 Å². The molecule has 1 aliphatic heterocycles. The second-order valence-electron chi connectivity index (χ2n) is 12.6. The van der Waals surface area contributed by atoms with Crippen LogP contribution in [0, 0.1) is 17.1 Å². The summed E-state index contributed by atoms with van der Waals surface area (Å²) in [6, 6.07) is 17.5. The highest BCUT2D eigenvalue weighted by atomic mass is 35.5. The van der Waals surface area contributed by atoms with Gasteiger partial charge < -0.3 is 15.4 Å². The Balaban J connectivity index is 1.40. The van der Waals surface area contributed by atoms with E-state index < -0.39 is 11.9 Å². The zero-order chi connectivity index (χ0) is 33.3. The molecule has 9 nitrogen and oxygen atoms in total. The maximum absolute atomic E-state index is 13.9. The molecule has 3 heterocycles. The Labute approximate surface area is 283 Å². The number of fused-ring (bicyclic) bond motifs is 1. The summed E-state index contributed by atoms with van der Waals surface area (Å²) in [4.78, 5) is 7.20. The van der Waals surface area contributed by atoms with Crippen LogP contribution in [0.1, 0.15) is 62.5 Å². The lowest BCUT2D eigenvalue weighted by Crippen LogP contribution is -2.46. The summed E-state index contributed by atoms with van der Waals surface area (Å²) in [5, 5.41) is 27.3. The van der Waals surface area contributed by atoms with Crippen LogP contribution in [0.15, 0.2) is 67.0 Å². The van der Waals surface area contributed by atoms with E-state index in [1.165, 1.54) is 18.3 Å². The molecule has 6 rings (SSSR count). The number of nitrogens with zero attached hydrogens (tertiary/aromatic N) is 6. The molecule has 3 aromatic carbocycles. The molecule has 1 saturated heterocycles. The van der Waals surface area contributed by atoms with Crippen molar-refractivity contribution in [1.29, 1.82) is 5.26 Å². The standard InChI is InChI=1S/C35H35Cl2FN8O/c1-35(2,3)45-15-13-25(14-16-45)46-20-29(43-44-46)32(21-5-7-23(36)8-6-21)42-34-30(47-4)12-10-26-31(22(18-39)19-40-33(26)34)41-24-9-11-28(38)27(37)17-24/h5-12,17,19-20,25,32,42H,13-16H2,1-4H3,(H,40,41)/t32-/m0/s1. The lowest BCUT2D eigenvalue weighted by Gasteiger charge is -2.40. The minimum atomic E-state index is -0.533. The molecule has 242 valence electrons. The lowest BCUT2D eigenvalue weighted by molar-refractivity contribution is 0.0866. The van der Waals surface area contributed by atoms with Gasteiger partial charge >= 0.3 is 0 Å². The topological polar surface area (TPSA) is 104 Å². The summed E-state index contributed by atoms with van der Waals surface area (Å²) < 4.78 is 21.7. The van der Waals surface area contributed by atoms with Crippen LogP contribution in [0.5, 0.6) is 5.75 Å². The molecular formula is C35H35Cl2FN8O. The van der Waals surface area contributed by atoms with Gasteiger partial charge in [0.15, 0.2) is 0 Å². The van der Waals surface area contributed by atoms with Gasteiger partial charge in [0.1, 0.15) is 29.0 Å². The maximum atomic E-state index is 13.9. The molecule has 1 fully saturated rings. The predicted octanol–water partition coefficient (Wildman–Crippen LogP) is 8.53. The van der Waals surface area contributed by atoms with E-state index in [0.29, 0.717) is 44.3 Å². The molecule has 47 heavy (non-hydrogen) atoms. The highest BCUT2D eigenvalue weighted by molar-refractivity contribution is 6.31. The van der Waals surface area contributed by atoms with Gasteiger partial charge in [-0.1, -0.05) is 40.5 Å². The Morgan fingerprint density at radius 1 is 1.04 bits per heavy atom. The summed E-state index contributed by atoms with van der Waals surface area (Å²) >= 11 is 12.3. The minimum Gasteiger partial charge on any atom is -0.495 e. The molecule has 0 bridgehead atoms. The third kappa shape index (κ3) is 6.84. The first-order chi connectivity index (χ1) is 22.5. The molecule has 1 aliphatic rings. The summed E-state index contributed by atoms with van der Waals surface area (Å²) in [5.41, 5.74) is 4.25. The number of methoxy groups -OCH3 is 1. The lowest BCUT2D eigenvalue weighted by atomic mass is 9.98. The van der Waals surface area contributed by atoms with Crippen LogP contribution in [0.25, 0.3) is 10.9 Å². The second-order valence-corrected chi connectivity index (χ2v) is 13.4. The van der Waals surface area contributed by atoms with Crippen molar-refractivity contribution in [2.75, 3.05) is 30.8 Å². The zero-order valence-electron chi connectivity index (χ0n) is 26.6. The molecule has 0 saturated carbocycles. The van der Waals surface area contributed by atoms with E-state index in [2.05, 4.69) is 52.7 Å². The number of likely N-dealkylation sites (tertiary alicyclic amines) is 1. The number of ether oxygens (including phenoxy) is 1. The average Bonchev–Trinajstić information content (AvgIpc) is 3.55. The quantitative estimate of drug-likeness (QED) is 0.169. The normalized spacial score (nSPS) is 14.9. The Kier molecular flexibility index (Phi) is 9.24. The number of nitriles is 1. The Bertz CT molecular complexity index is 1940. The zero-order valence-corrected chi connectivity index (χ0v) is 28.1. The van der Waals surface area contributed by atoms with Gasteiger partial charge in [-0.2, -0.15) is 5.26 Å². The SMILES string of the molecule is COc1ccc2c(Nc3ccc(F)c(Cl)c3)c(C#N)cnc2c1N[C@@H](c1ccc(Cl)cc1)c1cn(C2CCN(C(C)(C)C)CC2)nn1. The van der Waals surface area contributed by atoms with Crippen molar-refractivity contribution in [3.63, 3.8) is 0 Å². The number of benzene rings is 3. The number of nitrogens with one attached hydrogen (secondary N) is 2. The number of aromatic nitrogens is 4. The summed E-state index contributed by atoms with van der Waals surface area (Å²) in [6.07, 6.45) is 5.47. The highest BCUT2D eigenvalue weighted by Gasteiger charge is 2.29. The molecule has 0 amide bonds. The van der Waals surface area contributed by atoms with Gasteiger partial charge in [0.25, 0.3) is 0 Å². The van der Waals surface area contributed by atoms with Crippen LogP contribution >= 0.6 is 23.2 Å². The van der Waals surface area contributed by atoms with Crippen molar-refractivity contribution >= 4 is 51.2 Å². The van der Waals surface area contributed by atoms with E-state index in [-0.39, 0.29) is 16.6 Å². The van der Waals surface area contributed by atoms with Crippen molar-refractivity contribution in [2.24, 2.45) is 0 Å². The van der Waals surface area contributed by atoms with Crippen LogP contribution in [-0.4, -0.2) is 50.6 Å². The van der Waals surface area contributed by atoms with Crippen LogP contribution in [0.2, 0.25) is 10.0 Å². The molecule has 2 N–H and O–H groups in total. The second kappa shape index (κ2) is 13.4. The van der Waals surface area contributed by atoms with E-state index in [4.69, 9.17) is 32.9 Å². The Hall–Kier alpha value is -4.43. The third-order valence-corrected chi connectivity index (χ3v) is 9.18. The average molecular weight is 674 g/mol. The van der Waals surface area contributed by atoms with Crippen molar-refractivity contribution in [2.45, 2.75) is 51.2 Å². The van der Waals surface area contributed by atoms with Gasteiger partial charge in [-0.3, -0.25) is 9.88 Å². The molecule has 0 aliphatic carbocycles. The number of hydrogen-bond acceptors (Lipinski definition) is 8. The minimum absolute atomic E-state index is 0.0329. The van der Waals surface area contributed by atoms with E-state index in [1.807, 2.05) is 47.3 Å². The molecule has 0 unspecified atom stereocenters. The van der Waals surface area contributed by atoms with E-state index in [9.17, 15) is 9.65 Å². The van der Waals surface area contributed by atoms with Gasteiger partial charge in [0.2, 0.25) is 0 Å². The number of pyridine rings is 1.